The molecule has 0 saturated carbocycles. The van der Waals surface area contributed by atoms with E-state index in [1.807, 2.05) is 20.8 Å². The molecule has 1 heterocycles. The molecule has 0 radical (unpaired) electrons. The van der Waals surface area contributed by atoms with Gasteiger partial charge in [-0.2, -0.15) is 0 Å². The Kier molecular flexibility index (Phi) is 4.55. The smallest absolute Gasteiger partial charge is 0.214 e. The van der Waals surface area contributed by atoms with E-state index in [1.54, 1.807) is 0 Å². The average molecular weight is 234 g/mol. The molecule has 1 rings (SSSR count). The third-order valence-corrected chi connectivity index (χ3v) is 5.12. The van der Waals surface area contributed by atoms with E-state index < -0.39 is 10.0 Å². The lowest BCUT2D eigenvalue weighted by Gasteiger charge is -2.26. The Morgan fingerprint density at radius 2 is 1.73 bits per heavy atom. The highest BCUT2D eigenvalue weighted by Gasteiger charge is 2.28. The summed E-state index contributed by atoms with van der Waals surface area (Å²) in [5, 5.41) is 2.96. The van der Waals surface area contributed by atoms with E-state index in [0.717, 1.165) is 25.9 Å². The number of rotatable bonds is 4. The van der Waals surface area contributed by atoms with Crippen LogP contribution in [0.5, 0.6) is 0 Å². The first-order chi connectivity index (χ1) is 6.93. The second-order valence-corrected chi connectivity index (χ2v) is 6.64. The Hall–Kier alpha value is -0.130. The molecule has 1 aliphatic heterocycles. The molecular weight excluding hydrogens is 212 g/mol. The Balaban J connectivity index is 2.57. The minimum atomic E-state index is -3.12. The van der Waals surface area contributed by atoms with Crippen LogP contribution in [0.25, 0.3) is 0 Å². The lowest BCUT2D eigenvalue weighted by Crippen LogP contribution is -2.45. The Bertz CT molecular complexity index is 282. The van der Waals surface area contributed by atoms with Gasteiger partial charge in [0.2, 0.25) is 10.0 Å². The van der Waals surface area contributed by atoms with Crippen molar-refractivity contribution in [3.63, 3.8) is 0 Å². The summed E-state index contributed by atoms with van der Waals surface area (Å²) in [4.78, 5) is 0. The number of piperidine rings is 1. The van der Waals surface area contributed by atoms with E-state index in [0.29, 0.717) is 5.92 Å². The van der Waals surface area contributed by atoms with Crippen molar-refractivity contribution in [1.29, 1.82) is 0 Å². The van der Waals surface area contributed by atoms with Gasteiger partial charge in [-0.05, 0) is 38.8 Å². The quantitative estimate of drug-likeness (QED) is 0.753. The van der Waals surface area contributed by atoms with Gasteiger partial charge in [-0.15, -0.1) is 0 Å². The van der Waals surface area contributed by atoms with Gasteiger partial charge in [0, 0.05) is 6.04 Å². The minimum Gasteiger partial charge on any atom is -0.317 e. The SMILES string of the molecule is CC(C)C(C)NS(=O)(=O)C1CCNCC1. The fourth-order valence-electron chi connectivity index (χ4n) is 1.60. The van der Waals surface area contributed by atoms with Crippen LogP contribution < -0.4 is 10.0 Å². The first kappa shape index (κ1) is 12.9. The number of hydrogen-bond donors (Lipinski definition) is 2. The minimum absolute atomic E-state index is 0.0184. The van der Waals surface area contributed by atoms with Gasteiger partial charge in [-0.25, -0.2) is 13.1 Å². The summed E-state index contributed by atoms with van der Waals surface area (Å²) in [5.74, 6) is 0.335. The van der Waals surface area contributed by atoms with E-state index >= 15 is 0 Å². The molecular formula is C10H22N2O2S. The van der Waals surface area contributed by atoms with Gasteiger partial charge in [-0.1, -0.05) is 13.8 Å². The summed E-state index contributed by atoms with van der Waals surface area (Å²) in [6.07, 6.45) is 1.44. The number of nitrogens with one attached hydrogen (secondary N) is 2. The van der Waals surface area contributed by atoms with Crippen molar-refractivity contribution in [1.82, 2.24) is 10.0 Å². The second-order valence-electron chi connectivity index (χ2n) is 4.64. The third-order valence-electron chi connectivity index (χ3n) is 3.08. The molecule has 1 aliphatic rings. The molecule has 90 valence electrons. The van der Waals surface area contributed by atoms with Gasteiger partial charge >= 0.3 is 0 Å². The van der Waals surface area contributed by atoms with Crippen molar-refractivity contribution in [3.05, 3.63) is 0 Å². The van der Waals surface area contributed by atoms with Gasteiger partial charge in [0.1, 0.15) is 0 Å². The van der Waals surface area contributed by atoms with Gasteiger partial charge in [0.25, 0.3) is 0 Å². The van der Waals surface area contributed by atoms with Crippen molar-refractivity contribution >= 4 is 10.0 Å². The van der Waals surface area contributed by atoms with Crippen LogP contribution in [0.1, 0.15) is 33.6 Å². The third kappa shape index (κ3) is 3.74. The molecule has 0 amide bonds. The lowest BCUT2D eigenvalue weighted by molar-refractivity contribution is 0.452. The zero-order chi connectivity index (χ0) is 11.5. The van der Waals surface area contributed by atoms with Crippen molar-refractivity contribution in [2.45, 2.75) is 44.9 Å². The Morgan fingerprint density at radius 1 is 1.20 bits per heavy atom. The predicted octanol–water partition coefficient (Wildman–Crippen LogP) is 0.702. The van der Waals surface area contributed by atoms with Crippen LogP contribution in [-0.2, 0) is 10.0 Å². The molecule has 0 bridgehead atoms. The topological polar surface area (TPSA) is 58.2 Å². The maximum Gasteiger partial charge on any atom is 0.214 e. The largest absolute Gasteiger partial charge is 0.317 e. The van der Waals surface area contributed by atoms with Gasteiger partial charge in [-0.3, -0.25) is 0 Å². The van der Waals surface area contributed by atoms with Crippen molar-refractivity contribution in [2.24, 2.45) is 5.92 Å². The highest BCUT2D eigenvalue weighted by molar-refractivity contribution is 7.90. The van der Waals surface area contributed by atoms with Gasteiger partial charge in [0.15, 0.2) is 0 Å². The highest BCUT2D eigenvalue weighted by atomic mass is 32.2. The lowest BCUT2D eigenvalue weighted by atomic mass is 10.1. The molecule has 0 aromatic carbocycles. The van der Waals surface area contributed by atoms with Crippen LogP contribution in [-0.4, -0.2) is 32.8 Å². The van der Waals surface area contributed by atoms with Crippen molar-refractivity contribution in [3.8, 4) is 0 Å². The summed E-state index contributed by atoms with van der Waals surface area (Å²) in [6.45, 7) is 7.58. The summed E-state index contributed by atoms with van der Waals surface area (Å²) in [7, 11) is -3.12. The molecule has 0 aliphatic carbocycles. The van der Waals surface area contributed by atoms with Crippen LogP contribution in [0.3, 0.4) is 0 Å². The standard InChI is InChI=1S/C10H22N2O2S/c1-8(2)9(3)12-15(13,14)10-4-6-11-7-5-10/h8-12H,4-7H2,1-3H3. The molecule has 1 saturated heterocycles. The monoisotopic (exact) mass is 234 g/mol. The summed E-state index contributed by atoms with van der Waals surface area (Å²) in [6, 6.07) is 0.0184. The molecule has 0 aromatic heterocycles. The van der Waals surface area contributed by atoms with Crippen molar-refractivity contribution < 1.29 is 8.42 Å². The number of hydrogen-bond acceptors (Lipinski definition) is 3. The van der Waals surface area contributed by atoms with Crippen LogP contribution in [0.2, 0.25) is 0 Å². The maximum atomic E-state index is 12.0. The zero-order valence-electron chi connectivity index (χ0n) is 9.79. The van der Waals surface area contributed by atoms with E-state index in [9.17, 15) is 8.42 Å². The van der Waals surface area contributed by atoms with Crippen molar-refractivity contribution in [2.75, 3.05) is 13.1 Å². The molecule has 5 heteroatoms. The fraction of sp³-hybridized carbons (Fsp3) is 1.00. The van der Waals surface area contributed by atoms with Crippen LogP contribution in [0, 0.1) is 5.92 Å². The van der Waals surface area contributed by atoms with Gasteiger partial charge < -0.3 is 5.32 Å². The van der Waals surface area contributed by atoms with E-state index in [4.69, 9.17) is 0 Å². The number of sulfonamides is 1. The summed E-state index contributed by atoms with van der Waals surface area (Å²) >= 11 is 0. The maximum absolute atomic E-state index is 12.0. The normalized spacial score (nSPS) is 21.9. The molecule has 0 aromatic rings. The molecule has 15 heavy (non-hydrogen) atoms. The summed E-state index contributed by atoms with van der Waals surface area (Å²) in [5.41, 5.74) is 0. The van der Waals surface area contributed by atoms with Gasteiger partial charge in [0.05, 0.1) is 5.25 Å². The molecule has 0 spiro atoms. The Labute approximate surface area is 92.9 Å². The van der Waals surface area contributed by atoms with E-state index in [-0.39, 0.29) is 11.3 Å². The average Bonchev–Trinajstić information content (AvgIpc) is 2.18. The van der Waals surface area contributed by atoms with E-state index in [1.165, 1.54) is 0 Å². The second kappa shape index (κ2) is 5.27. The zero-order valence-corrected chi connectivity index (χ0v) is 10.6. The molecule has 1 fully saturated rings. The van der Waals surface area contributed by atoms with Crippen LogP contribution in [0.15, 0.2) is 0 Å². The highest BCUT2D eigenvalue weighted by Crippen LogP contribution is 2.13. The van der Waals surface area contributed by atoms with Crippen LogP contribution in [0.4, 0.5) is 0 Å². The summed E-state index contributed by atoms with van der Waals surface area (Å²) < 4.78 is 26.7. The fourth-order valence-corrected chi connectivity index (χ4v) is 3.44. The predicted molar refractivity (Wildman–Crippen MR) is 62.2 cm³/mol. The van der Waals surface area contributed by atoms with E-state index in [2.05, 4.69) is 10.0 Å². The molecule has 4 nitrogen and oxygen atoms in total. The molecule has 2 N–H and O–H groups in total. The first-order valence-corrected chi connectivity index (χ1v) is 7.20. The Morgan fingerprint density at radius 3 is 2.20 bits per heavy atom. The molecule has 1 atom stereocenters. The van der Waals surface area contributed by atoms with Crippen LogP contribution >= 0.6 is 0 Å². The molecule has 1 unspecified atom stereocenters. The first-order valence-electron chi connectivity index (χ1n) is 5.65.